The van der Waals surface area contributed by atoms with Crippen LogP contribution < -0.4 is 5.73 Å². The number of likely N-dealkylation sites (tertiary alicyclic amines) is 1. The first-order valence-corrected chi connectivity index (χ1v) is 7.85. The molecule has 2 N–H and O–H groups in total. The second-order valence-electron chi connectivity index (χ2n) is 4.61. The second-order valence-corrected chi connectivity index (χ2v) is 6.24. The van der Waals surface area contributed by atoms with Crippen molar-refractivity contribution in [1.82, 2.24) is 4.90 Å². The molecule has 0 unspecified atom stereocenters. The van der Waals surface area contributed by atoms with E-state index in [-0.39, 0.29) is 4.75 Å². The van der Waals surface area contributed by atoms with Gasteiger partial charge in [-0.15, -0.1) is 0 Å². The molecule has 0 aromatic heterocycles. The molecular weight excluding hydrogens is 236 g/mol. The lowest BCUT2D eigenvalue weighted by Gasteiger charge is -2.40. The van der Waals surface area contributed by atoms with Gasteiger partial charge in [-0.3, -0.25) is 0 Å². The number of thiocarbonyl (C=S) groups is 1. The Bertz CT molecular complexity index is 223. The monoisotopic (exact) mass is 260 g/mol. The maximum absolute atomic E-state index is 5.87. The van der Waals surface area contributed by atoms with Gasteiger partial charge in [0.25, 0.3) is 0 Å². The molecule has 0 aromatic carbocycles. The van der Waals surface area contributed by atoms with Crippen LogP contribution in [0.4, 0.5) is 0 Å². The molecule has 0 radical (unpaired) electrons. The Labute approximate surface area is 109 Å². The number of thioether (sulfide) groups is 1. The van der Waals surface area contributed by atoms with E-state index in [2.05, 4.69) is 18.1 Å². The third-order valence-corrected chi connectivity index (χ3v) is 5.51. The molecule has 1 saturated heterocycles. The number of rotatable bonds is 6. The van der Waals surface area contributed by atoms with E-state index >= 15 is 0 Å². The van der Waals surface area contributed by atoms with Crippen LogP contribution in [-0.2, 0) is 0 Å². The number of unbranched alkanes of at least 4 members (excludes halogenated alkanes) is 2. The van der Waals surface area contributed by atoms with Crippen molar-refractivity contribution in [2.45, 2.75) is 43.8 Å². The number of nitrogens with two attached hydrogens (primary N) is 1. The zero-order valence-corrected chi connectivity index (χ0v) is 12.1. The van der Waals surface area contributed by atoms with Crippen molar-refractivity contribution in [1.29, 1.82) is 0 Å². The maximum Gasteiger partial charge on any atom is 0.0891 e. The summed E-state index contributed by atoms with van der Waals surface area (Å²) >= 11 is 7.05. The molecule has 1 aliphatic heterocycles. The van der Waals surface area contributed by atoms with E-state index in [0.29, 0.717) is 4.99 Å². The van der Waals surface area contributed by atoms with Crippen molar-refractivity contribution in [2.24, 2.45) is 5.73 Å². The first-order chi connectivity index (χ1) is 7.64. The van der Waals surface area contributed by atoms with Gasteiger partial charge in [-0.25, -0.2) is 0 Å². The Morgan fingerprint density at radius 3 is 2.44 bits per heavy atom. The van der Waals surface area contributed by atoms with E-state index in [1.807, 2.05) is 11.8 Å². The Hall–Kier alpha value is 0.200. The van der Waals surface area contributed by atoms with Gasteiger partial charge in [0.2, 0.25) is 0 Å². The van der Waals surface area contributed by atoms with Gasteiger partial charge in [-0.1, -0.05) is 32.0 Å². The van der Waals surface area contributed by atoms with Crippen LogP contribution in [0.2, 0.25) is 0 Å². The Morgan fingerprint density at radius 2 is 2.00 bits per heavy atom. The molecule has 0 aliphatic carbocycles. The van der Waals surface area contributed by atoms with E-state index in [1.165, 1.54) is 25.8 Å². The van der Waals surface area contributed by atoms with Gasteiger partial charge in [0.1, 0.15) is 0 Å². The van der Waals surface area contributed by atoms with E-state index in [0.717, 1.165) is 25.9 Å². The number of nitrogens with zero attached hydrogens (tertiary/aromatic N) is 1. The van der Waals surface area contributed by atoms with Gasteiger partial charge < -0.3 is 10.6 Å². The molecular formula is C12H24N2S2. The summed E-state index contributed by atoms with van der Waals surface area (Å²) < 4.78 is 0.0800. The molecule has 2 nitrogen and oxygen atoms in total. The summed E-state index contributed by atoms with van der Waals surface area (Å²) in [5, 5.41) is 0. The quantitative estimate of drug-likeness (QED) is 0.587. The third kappa shape index (κ3) is 3.60. The standard InChI is InChI=1S/C12H24N2S2/c1-3-4-5-8-14-9-6-12(16-2,7-10-14)11(13)15/h3-10H2,1-2H3,(H2,13,15). The van der Waals surface area contributed by atoms with Crippen molar-refractivity contribution in [3.05, 3.63) is 0 Å². The third-order valence-electron chi connectivity index (χ3n) is 3.58. The lowest BCUT2D eigenvalue weighted by atomic mass is 9.95. The summed E-state index contributed by atoms with van der Waals surface area (Å²) in [6.45, 7) is 5.81. The van der Waals surface area contributed by atoms with Crippen LogP contribution in [0.15, 0.2) is 0 Å². The SMILES string of the molecule is CCCCCN1CCC(SC)(C(N)=S)CC1. The van der Waals surface area contributed by atoms with Gasteiger partial charge in [0.05, 0.1) is 9.74 Å². The van der Waals surface area contributed by atoms with E-state index in [9.17, 15) is 0 Å². The minimum absolute atomic E-state index is 0.0800. The molecule has 16 heavy (non-hydrogen) atoms. The molecule has 0 saturated carbocycles. The molecule has 1 rings (SSSR count). The zero-order valence-electron chi connectivity index (χ0n) is 10.5. The van der Waals surface area contributed by atoms with Gasteiger partial charge in [-0.05, 0) is 45.2 Å². The predicted molar refractivity (Wildman–Crippen MR) is 78.2 cm³/mol. The van der Waals surface area contributed by atoms with Crippen molar-refractivity contribution in [3.8, 4) is 0 Å². The summed E-state index contributed by atoms with van der Waals surface area (Å²) in [5.41, 5.74) is 5.87. The molecule has 1 heterocycles. The molecule has 4 heteroatoms. The molecule has 0 aromatic rings. The molecule has 0 spiro atoms. The first kappa shape index (κ1) is 14.3. The van der Waals surface area contributed by atoms with Gasteiger partial charge in [0, 0.05) is 0 Å². The van der Waals surface area contributed by atoms with E-state index in [1.54, 1.807) is 0 Å². The summed E-state index contributed by atoms with van der Waals surface area (Å²) in [4.78, 5) is 3.26. The summed E-state index contributed by atoms with van der Waals surface area (Å²) in [7, 11) is 0. The normalized spacial score (nSPS) is 20.9. The lowest BCUT2D eigenvalue weighted by molar-refractivity contribution is 0.216. The van der Waals surface area contributed by atoms with E-state index in [4.69, 9.17) is 18.0 Å². The maximum atomic E-state index is 5.87. The van der Waals surface area contributed by atoms with Crippen LogP contribution >= 0.6 is 24.0 Å². The fourth-order valence-electron chi connectivity index (χ4n) is 2.27. The predicted octanol–water partition coefficient (Wildman–Crippen LogP) is 2.66. The molecule has 0 amide bonds. The average Bonchev–Trinajstić information content (AvgIpc) is 2.30. The molecule has 0 bridgehead atoms. The number of hydrogen-bond donors (Lipinski definition) is 1. The van der Waals surface area contributed by atoms with E-state index < -0.39 is 0 Å². The lowest BCUT2D eigenvalue weighted by Crippen LogP contribution is -2.49. The van der Waals surface area contributed by atoms with Crippen molar-refractivity contribution < 1.29 is 0 Å². The van der Waals surface area contributed by atoms with Crippen LogP contribution in [0, 0.1) is 0 Å². The van der Waals surface area contributed by atoms with Crippen LogP contribution in [0.1, 0.15) is 39.0 Å². The number of piperidine rings is 1. The van der Waals surface area contributed by atoms with Crippen LogP contribution in [0.5, 0.6) is 0 Å². The van der Waals surface area contributed by atoms with Crippen LogP contribution in [-0.4, -0.2) is 40.5 Å². The highest BCUT2D eigenvalue weighted by atomic mass is 32.2. The van der Waals surface area contributed by atoms with Crippen molar-refractivity contribution in [3.63, 3.8) is 0 Å². The smallest absolute Gasteiger partial charge is 0.0891 e. The van der Waals surface area contributed by atoms with Crippen molar-refractivity contribution in [2.75, 3.05) is 25.9 Å². The topological polar surface area (TPSA) is 29.3 Å². The fourth-order valence-corrected chi connectivity index (χ4v) is 3.52. The van der Waals surface area contributed by atoms with Crippen molar-refractivity contribution >= 4 is 29.0 Å². The molecule has 0 atom stereocenters. The second kappa shape index (κ2) is 6.82. The fraction of sp³-hybridized carbons (Fsp3) is 0.917. The van der Waals surface area contributed by atoms with Gasteiger partial charge >= 0.3 is 0 Å². The van der Waals surface area contributed by atoms with Gasteiger partial charge in [-0.2, -0.15) is 11.8 Å². The average molecular weight is 260 g/mol. The van der Waals surface area contributed by atoms with Gasteiger partial charge in [0.15, 0.2) is 0 Å². The zero-order chi connectivity index (χ0) is 12.0. The minimum Gasteiger partial charge on any atom is -0.392 e. The highest BCUT2D eigenvalue weighted by Gasteiger charge is 2.36. The number of hydrogen-bond acceptors (Lipinski definition) is 3. The molecule has 94 valence electrons. The highest BCUT2D eigenvalue weighted by Crippen LogP contribution is 2.34. The minimum atomic E-state index is 0.0800. The molecule has 1 fully saturated rings. The summed E-state index contributed by atoms with van der Waals surface area (Å²) in [5.74, 6) is 0. The first-order valence-electron chi connectivity index (χ1n) is 6.22. The molecule has 1 aliphatic rings. The largest absolute Gasteiger partial charge is 0.392 e. The van der Waals surface area contributed by atoms with Crippen LogP contribution in [0.3, 0.4) is 0 Å². The summed E-state index contributed by atoms with van der Waals surface area (Å²) in [6, 6.07) is 0. The Kier molecular flexibility index (Phi) is 6.08. The Morgan fingerprint density at radius 1 is 1.38 bits per heavy atom. The summed E-state index contributed by atoms with van der Waals surface area (Å²) in [6.07, 6.45) is 8.35. The highest BCUT2D eigenvalue weighted by molar-refractivity contribution is 8.01. The van der Waals surface area contributed by atoms with Crippen LogP contribution in [0.25, 0.3) is 0 Å². The Balaban J connectivity index is 2.35.